The maximum Gasteiger partial charge on any atom is 0.226 e. The second kappa shape index (κ2) is 8.76. The van der Waals surface area contributed by atoms with E-state index >= 15 is 0 Å². The topological polar surface area (TPSA) is 75.7 Å². The highest BCUT2D eigenvalue weighted by Gasteiger charge is 2.52. The Kier molecular flexibility index (Phi) is 6.11. The van der Waals surface area contributed by atoms with E-state index in [1.54, 1.807) is 0 Å². The van der Waals surface area contributed by atoms with Crippen LogP contribution in [0.1, 0.15) is 50.5 Å². The van der Waals surface area contributed by atoms with Gasteiger partial charge in [-0.2, -0.15) is 0 Å². The number of piperidine rings is 1. The van der Waals surface area contributed by atoms with Crippen LogP contribution in [0.25, 0.3) is 0 Å². The summed E-state index contributed by atoms with van der Waals surface area (Å²) in [6, 6.07) is 9.09. The Morgan fingerprint density at radius 3 is 2.66 bits per heavy atom. The first-order valence-electron chi connectivity index (χ1n) is 10.8. The Hall–Kier alpha value is -2.05. The molecule has 4 rings (SSSR count). The van der Waals surface area contributed by atoms with Crippen LogP contribution in [0.3, 0.4) is 0 Å². The van der Waals surface area contributed by atoms with Crippen LogP contribution in [-0.2, 0) is 25.5 Å². The molecular formula is C23H30N2O4. The molecule has 2 aliphatic heterocycles. The number of ether oxygens (including phenoxy) is 1. The number of likely N-dealkylation sites (tertiary alicyclic amines) is 1. The minimum Gasteiger partial charge on any atom is -0.368 e. The highest BCUT2D eigenvalue weighted by molar-refractivity contribution is 5.89. The number of nitrogens with zero attached hydrogens (tertiary/aromatic N) is 1. The number of carbonyl (C=O) groups is 3. The molecular weight excluding hydrogens is 368 g/mol. The maximum atomic E-state index is 13.0. The number of nitrogens with one attached hydrogen (secondary N) is 1. The number of fused-ring (bicyclic) bond motifs is 1. The molecule has 3 atom stereocenters. The van der Waals surface area contributed by atoms with E-state index in [1.165, 1.54) is 0 Å². The van der Waals surface area contributed by atoms with Crippen LogP contribution in [0, 0.1) is 5.92 Å². The van der Waals surface area contributed by atoms with Gasteiger partial charge in [-0.15, -0.1) is 0 Å². The minimum atomic E-state index is -1.15. The number of carbonyl (C=O) groups excluding carboxylic acids is 3. The summed E-state index contributed by atoms with van der Waals surface area (Å²) in [6.45, 7) is 0.718. The van der Waals surface area contributed by atoms with E-state index in [1.807, 2.05) is 35.2 Å². The highest BCUT2D eigenvalue weighted by atomic mass is 16.5. The molecule has 0 radical (unpaired) electrons. The Bertz CT molecular complexity index is 747. The van der Waals surface area contributed by atoms with Crippen LogP contribution < -0.4 is 5.32 Å². The average molecular weight is 399 g/mol. The Morgan fingerprint density at radius 1 is 1.17 bits per heavy atom. The van der Waals surface area contributed by atoms with Crippen molar-refractivity contribution in [2.45, 2.75) is 69.2 Å². The average Bonchev–Trinajstić information content (AvgIpc) is 3.38. The smallest absolute Gasteiger partial charge is 0.226 e. The zero-order valence-corrected chi connectivity index (χ0v) is 16.8. The zero-order valence-electron chi connectivity index (χ0n) is 16.8. The summed E-state index contributed by atoms with van der Waals surface area (Å²) in [5.74, 6) is 0.217. The first-order valence-corrected chi connectivity index (χ1v) is 10.8. The van der Waals surface area contributed by atoms with E-state index in [0.717, 1.165) is 50.4 Å². The minimum absolute atomic E-state index is 0.0182. The van der Waals surface area contributed by atoms with E-state index in [-0.39, 0.29) is 30.8 Å². The highest BCUT2D eigenvalue weighted by Crippen LogP contribution is 2.37. The number of rotatable bonds is 7. The van der Waals surface area contributed by atoms with Gasteiger partial charge in [-0.25, -0.2) is 0 Å². The molecule has 0 aromatic heterocycles. The molecule has 1 aromatic carbocycles. The Labute approximate surface area is 172 Å². The van der Waals surface area contributed by atoms with E-state index in [9.17, 15) is 14.4 Å². The molecule has 6 nitrogen and oxygen atoms in total. The molecule has 0 spiro atoms. The van der Waals surface area contributed by atoms with E-state index in [2.05, 4.69) is 5.32 Å². The molecule has 1 amide bonds. The van der Waals surface area contributed by atoms with Crippen molar-refractivity contribution in [1.82, 2.24) is 10.2 Å². The lowest BCUT2D eigenvalue weighted by molar-refractivity contribution is -0.142. The number of aldehydes is 1. The second-order valence-corrected chi connectivity index (χ2v) is 8.70. The molecule has 2 saturated heterocycles. The Balaban J connectivity index is 1.60. The van der Waals surface area contributed by atoms with Gasteiger partial charge in [-0.1, -0.05) is 56.0 Å². The van der Waals surface area contributed by atoms with Gasteiger partial charge < -0.3 is 10.1 Å². The van der Waals surface area contributed by atoms with Gasteiger partial charge in [0.1, 0.15) is 6.61 Å². The summed E-state index contributed by atoms with van der Waals surface area (Å²) in [5, 5.41) is 3.07. The molecule has 6 heteroatoms. The van der Waals surface area contributed by atoms with E-state index in [0.29, 0.717) is 18.9 Å². The quantitative estimate of drug-likeness (QED) is 0.713. The maximum absolute atomic E-state index is 13.0. The van der Waals surface area contributed by atoms with Crippen molar-refractivity contribution in [1.29, 1.82) is 0 Å². The number of Topliss-reactive ketones (excluding diaryl/α,β-unsaturated/α-hetero) is 1. The second-order valence-electron chi connectivity index (χ2n) is 8.70. The molecule has 3 unspecified atom stereocenters. The summed E-state index contributed by atoms with van der Waals surface area (Å²) < 4.78 is 5.69. The lowest BCUT2D eigenvalue weighted by atomic mass is 9.87. The van der Waals surface area contributed by atoms with Gasteiger partial charge in [-0.3, -0.25) is 19.3 Å². The van der Waals surface area contributed by atoms with E-state index < -0.39 is 11.7 Å². The van der Waals surface area contributed by atoms with Crippen molar-refractivity contribution in [3.8, 4) is 0 Å². The van der Waals surface area contributed by atoms with Crippen LogP contribution >= 0.6 is 0 Å². The fourth-order valence-corrected chi connectivity index (χ4v) is 5.35. The summed E-state index contributed by atoms with van der Waals surface area (Å²) in [6.07, 6.45) is 7.60. The SMILES string of the molecule is O=CC(CC1CCCC1)(NC(=O)Cc1ccccc1)N1CCCC2OCC(=O)C21. The molecule has 3 aliphatic rings. The molecule has 156 valence electrons. The fraction of sp³-hybridized carbons (Fsp3) is 0.609. The van der Waals surface area contributed by atoms with Gasteiger partial charge in [0.15, 0.2) is 17.7 Å². The molecule has 1 N–H and O–H groups in total. The van der Waals surface area contributed by atoms with Gasteiger partial charge in [0, 0.05) is 6.54 Å². The molecule has 1 saturated carbocycles. The van der Waals surface area contributed by atoms with Crippen LogP contribution in [-0.4, -0.2) is 53.8 Å². The van der Waals surface area contributed by atoms with Crippen LogP contribution in [0.15, 0.2) is 30.3 Å². The standard InChI is InChI=1S/C23H30N2O4/c26-16-23(14-18-9-4-5-10-18,24-21(28)13-17-7-2-1-3-8-17)25-12-6-11-20-22(25)19(27)15-29-20/h1-3,7-8,16,18,20,22H,4-6,9-15H2,(H,24,28). The van der Waals surface area contributed by atoms with Crippen LogP contribution in [0.5, 0.6) is 0 Å². The van der Waals surface area contributed by atoms with Crippen molar-refractivity contribution in [3.05, 3.63) is 35.9 Å². The third-order valence-corrected chi connectivity index (χ3v) is 6.69. The number of hydrogen-bond donors (Lipinski definition) is 1. The van der Waals surface area contributed by atoms with Crippen molar-refractivity contribution in [2.24, 2.45) is 5.92 Å². The van der Waals surface area contributed by atoms with E-state index in [4.69, 9.17) is 4.74 Å². The zero-order chi connectivity index (χ0) is 20.3. The van der Waals surface area contributed by atoms with Crippen molar-refractivity contribution < 1.29 is 19.1 Å². The van der Waals surface area contributed by atoms with Gasteiger partial charge in [0.05, 0.1) is 18.6 Å². The summed E-state index contributed by atoms with van der Waals surface area (Å²) in [4.78, 5) is 40.1. The number of amides is 1. The lowest BCUT2D eigenvalue weighted by Crippen LogP contribution is -2.69. The molecule has 1 aromatic rings. The first-order chi connectivity index (χ1) is 14.1. The summed E-state index contributed by atoms with van der Waals surface area (Å²) in [7, 11) is 0. The molecule has 29 heavy (non-hydrogen) atoms. The summed E-state index contributed by atoms with van der Waals surface area (Å²) >= 11 is 0. The predicted octanol–water partition coefficient (Wildman–Crippen LogP) is 2.25. The monoisotopic (exact) mass is 398 g/mol. The van der Waals surface area contributed by atoms with Crippen LogP contribution in [0.4, 0.5) is 0 Å². The van der Waals surface area contributed by atoms with Gasteiger partial charge >= 0.3 is 0 Å². The summed E-state index contributed by atoms with van der Waals surface area (Å²) in [5.41, 5.74) is -0.240. The van der Waals surface area contributed by atoms with Gasteiger partial charge in [0.2, 0.25) is 5.91 Å². The number of benzene rings is 1. The predicted molar refractivity (Wildman–Crippen MR) is 108 cm³/mol. The number of ketones is 1. The van der Waals surface area contributed by atoms with Gasteiger partial charge in [-0.05, 0) is 30.7 Å². The Morgan fingerprint density at radius 2 is 1.93 bits per heavy atom. The number of hydrogen-bond acceptors (Lipinski definition) is 5. The third-order valence-electron chi connectivity index (χ3n) is 6.69. The van der Waals surface area contributed by atoms with Gasteiger partial charge in [0.25, 0.3) is 0 Å². The van der Waals surface area contributed by atoms with Crippen molar-refractivity contribution >= 4 is 18.0 Å². The first kappa shape index (κ1) is 20.2. The third kappa shape index (κ3) is 4.28. The fourth-order valence-electron chi connectivity index (χ4n) is 5.35. The normalized spacial score (nSPS) is 27.4. The lowest BCUT2D eigenvalue weighted by Gasteiger charge is -2.47. The molecule has 1 aliphatic carbocycles. The van der Waals surface area contributed by atoms with Crippen molar-refractivity contribution in [2.75, 3.05) is 13.2 Å². The van der Waals surface area contributed by atoms with Crippen molar-refractivity contribution in [3.63, 3.8) is 0 Å². The molecule has 0 bridgehead atoms. The largest absolute Gasteiger partial charge is 0.368 e. The van der Waals surface area contributed by atoms with Crippen LogP contribution in [0.2, 0.25) is 0 Å². The molecule has 3 fully saturated rings. The molecule has 2 heterocycles.